The van der Waals surface area contributed by atoms with Crippen LogP contribution in [0.3, 0.4) is 0 Å². The third-order valence-corrected chi connectivity index (χ3v) is 3.84. The summed E-state index contributed by atoms with van der Waals surface area (Å²) in [4.78, 5) is 36.6. The molecule has 0 unspecified atom stereocenters. The predicted octanol–water partition coefficient (Wildman–Crippen LogP) is 2.97. The number of hydrogen-bond acceptors (Lipinski definition) is 3. The highest BCUT2D eigenvalue weighted by atomic mass is 35.5. The third kappa shape index (κ3) is 1.96. The van der Waals surface area contributed by atoms with Gasteiger partial charge in [0.1, 0.15) is 0 Å². The molecule has 0 aliphatic heterocycles. The summed E-state index contributed by atoms with van der Waals surface area (Å²) in [6.07, 6.45) is 0. The van der Waals surface area contributed by atoms with Gasteiger partial charge in [0.25, 0.3) is 0 Å². The SMILES string of the molecule is CC(=O)N(Cl)c1cccc2c1C(=O)c1ccccc1C2=O. The average molecular weight is 300 g/mol. The standard InChI is InChI=1S/C16H10ClNO3/c1-9(19)18(17)13-8-4-7-12-14(13)16(21)11-6-3-2-5-10(11)15(12)20/h2-8H,1H3. The summed E-state index contributed by atoms with van der Waals surface area (Å²) in [5, 5.41) is 0. The van der Waals surface area contributed by atoms with E-state index in [-0.39, 0.29) is 28.4 Å². The molecule has 0 fully saturated rings. The van der Waals surface area contributed by atoms with Crippen LogP contribution in [0.1, 0.15) is 38.8 Å². The molecule has 0 atom stereocenters. The smallest absolute Gasteiger partial charge is 0.238 e. The Morgan fingerprint density at radius 1 is 0.905 bits per heavy atom. The number of anilines is 1. The number of benzene rings is 2. The Labute approximate surface area is 126 Å². The van der Waals surface area contributed by atoms with Gasteiger partial charge in [-0.05, 0) is 6.07 Å². The normalized spacial score (nSPS) is 12.7. The van der Waals surface area contributed by atoms with Gasteiger partial charge in [-0.3, -0.25) is 14.4 Å². The van der Waals surface area contributed by atoms with Crippen LogP contribution in [0.25, 0.3) is 0 Å². The Morgan fingerprint density at radius 2 is 1.48 bits per heavy atom. The molecule has 0 N–H and O–H groups in total. The molecule has 5 heteroatoms. The van der Waals surface area contributed by atoms with E-state index in [0.717, 1.165) is 4.42 Å². The summed E-state index contributed by atoms with van der Waals surface area (Å²) in [6.45, 7) is 1.29. The van der Waals surface area contributed by atoms with Gasteiger partial charge in [0, 0.05) is 35.4 Å². The molecule has 0 spiro atoms. The number of halogens is 1. The van der Waals surface area contributed by atoms with E-state index in [0.29, 0.717) is 11.1 Å². The number of nitrogens with zero attached hydrogens (tertiary/aromatic N) is 1. The van der Waals surface area contributed by atoms with Gasteiger partial charge in [0.05, 0.1) is 11.3 Å². The van der Waals surface area contributed by atoms with Crippen LogP contribution in [0.4, 0.5) is 5.69 Å². The first-order valence-corrected chi connectivity index (χ1v) is 6.64. The lowest BCUT2D eigenvalue weighted by molar-refractivity contribution is -0.115. The number of ketones is 2. The number of carbonyl (C=O) groups excluding carboxylic acids is 3. The molecule has 0 saturated carbocycles. The molecule has 1 aliphatic carbocycles. The fraction of sp³-hybridized carbons (Fsp3) is 0.0625. The highest BCUT2D eigenvalue weighted by molar-refractivity contribution is 6.39. The fourth-order valence-electron chi connectivity index (χ4n) is 2.46. The third-order valence-electron chi connectivity index (χ3n) is 3.42. The maximum Gasteiger partial charge on any atom is 0.238 e. The zero-order chi connectivity index (χ0) is 15.1. The van der Waals surface area contributed by atoms with E-state index in [4.69, 9.17) is 11.8 Å². The Hall–Kier alpha value is -2.46. The highest BCUT2D eigenvalue weighted by Gasteiger charge is 2.32. The van der Waals surface area contributed by atoms with Gasteiger partial charge < -0.3 is 0 Å². The van der Waals surface area contributed by atoms with Crippen LogP contribution in [-0.4, -0.2) is 17.5 Å². The molecule has 0 radical (unpaired) electrons. The highest BCUT2D eigenvalue weighted by Crippen LogP contribution is 2.34. The van der Waals surface area contributed by atoms with Gasteiger partial charge in [-0.2, -0.15) is 0 Å². The van der Waals surface area contributed by atoms with Crippen molar-refractivity contribution in [1.29, 1.82) is 0 Å². The second-order valence-corrected chi connectivity index (χ2v) is 5.04. The fourth-order valence-corrected chi connectivity index (χ4v) is 2.60. The quantitative estimate of drug-likeness (QED) is 0.649. The Bertz CT molecular complexity index is 798. The zero-order valence-electron chi connectivity index (χ0n) is 11.1. The van der Waals surface area contributed by atoms with E-state index in [2.05, 4.69) is 0 Å². The maximum atomic E-state index is 12.7. The van der Waals surface area contributed by atoms with Gasteiger partial charge in [-0.1, -0.05) is 36.4 Å². The number of hydrogen-bond donors (Lipinski definition) is 0. The molecule has 104 valence electrons. The van der Waals surface area contributed by atoms with Crippen molar-refractivity contribution in [2.24, 2.45) is 0 Å². The molecule has 0 heterocycles. The second-order valence-electron chi connectivity index (χ2n) is 4.70. The largest absolute Gasteiger partial charge is 0.289 e. The van der Waals surface area contributed by atoms with Crippen LogP contribution in [-0.2, 0) is 4.79 Å². The van der Waals surface area contributed by atoms with Crippen LogP contribution in [0.5, 0.6) is 0 Å². The Balaban J connectivity index is 2.29. The van der Waals surface area contributed by atoms with Crippen molar-refractivity contribution >= 4 is 34.9 Å². The maximum absolute atomic E-state index is 12.7. The van der Waals surface area contributed by atoms with Crippen molar-refractivity contribution in [3.05, 3.63) is 64.7 Å². The average Bonchev–Trinajstić information content (AvgIpc) is 2.51. The lowest BCUT2D eigenvalue weighted by Gasteiger charge is -2.22. The number of amides is 1. The molecular formula is C16H10ClNO3. The van der Waals surface area contributed by atoms with E-state index >= 15 is 0 Å². The lowest BCUT2D eigenvalue weighted by Crippen LogP contribution is -2.26. The summed E-state index contributed by atoms with van der Waals surface area (Å²) in [5.41, 5.74) is 1.37. The molecule has 0 saturated heterocycles. The number of carbonyl (C=O) groups is 3. The van der Waals surface area contributed by atoms with Gasteiger partial charge in [-0.15, -0.1) is 0 Å². The van der Waals surface area contributed by atoms with Crippen LogP contribution < -0.4 is 4.42 Å². The molecule has 2 aromatic carbocycles. The Kier molecular flexibility index (Phi) is 3.11. The first-order chi connectivity index (χ1) is 10.0. The summed E-state index contributed by atoms with van der Waals surface area (Å²) in [5.74, 6) is -0.970. The van der Waals surface area contributed by atoms with E-state index in [9.17, 15) is 14.4 Å². The molecule has 4 nitrogen and oxygen atoms in total. The second kappa shape index (κ2) is 4.82. The van der Waals surface area contributed by atoms with E-state index < -0.39 is 5.91 Å². The summed E-state index contributed by atoms with van der Waals surface area (Å²) < 4.78 is 0.859. The van der Waals surface area contributed by atoms with Gasteiger partial charge in [-0.25, -0.2) is 4.42 Å². The summed E-state index contributed by atoms with van der Waals surface area (Å²) in [7, 11) is 0. The first-order valence-electron chi connectivity index (χ1n) is 6.30. The lowest BCUT2D eigenvalue weighted by atomic mass is 9.83. The van der Waals surface area contributed by atoms with Crippen LogP contribution in [0.2, 0.25) is 0 Å². The molecular weight excluding hydrogens is 290 g/mol. The monoisotopic (exact) mass is 299 g/mol. The van der Waals surface area contributed by atoms with Gasteiger partial charge in [0.2, 0.25) is 5.91 Å². The molecule has 0 aromatic heterocycles. The van der Waals surface area contributed by atoms with Crippen LogP contribution in [0, 0.1) is 0 Å². The van der Waals surface area contributed by atoms with Gasteiger partial charge >= 0.3 is 0 Å². The molecule has 1 amide bonds. The molecule has 3 rings (SSSR count). The zero-order valence-corrected chi connectivity index (χ0v) is 11.8. The first kappa shape index (κ1) is 13.5. The van der Waals surface area contributed by atoms with Crippen LogP contribution in [0.15, 0.2) is 42.5 Å². The predicted molar refractivity (Wildman–Crippen MR) is 78.8 cm³/mol. The van der Waals surface area contributed by atoms with Crippen molar-refractivity contribution in [3.8, 4) is 0 Å². The van der Waals surface area contributed by atoms with E-state index in [1.165, 1.54) is 6.92 Å². The Morgan fingerprint density at radius 3 is 2.10 bits per heavy atom. The van der Waals surface area contributed by atoms with Crippen molar-refractivity contribution in [3.63, 3.8) is 0 Å². The van der Waals surface area contributed by atoms with Gasteiger partial charge in [0.15, 0.2) is 11.6 Å². The molecule has 0 bridgehead atoms. The van der Waals surface area contributed by atoms with Crippen LogP contribution >= 0.6 is 11.8 Å². The van der Waals surface area contributed by atoms with Crippen molar-refractivity contribution in [2.75, 3.05) is 4.42 Å². The molecule has 2 aromatic rings. The minimum atomic E-state index is -0.427. The summed E-state index contributed by atoms with van der Waals surface area (Å²) >= 11 is 5.94. The van der Waals surface area contributed by atoms with Crippen molar-refractivity contribution < 1.29 is 14.4 Å². The van der Waals surface area contributed by atoms with E-state index in [1.54, 1.807) is 42.5 Å². The molecule has 21 heavy (non-hydrogen) atoms. The summed E-state index contributed by atoms with van der Waals surface area (Å²) in [6, 6.07) is 11.3. The minimum absolute atomic E-state index is 0.173. The topological polar surface area (TPSA) is 54.5 Å². The minimum Gasteiger partial charge on any atom is -0.289 e. The number of rotatable bonds is 1. The molecule has 1 aliphatic rings. The number of fused-ring (bicyclic) bond motifs is 2. The van der Waals surface area contributed by atoms with Crippen molar-refractivity contribution in [2.45, 2.75) is 6.92 Å². The van der Waals surface area contributed by atoms with Crippen molar-refractivity contribution in [1.82, 2.24) is 0 Å². The van der Waals surface area contributed by atoms with E-state index in [1.807, 2.05) is 0 Å².